The molecule has 1 N–H and O–H groups in total. The fraction of sp³-hybridized carbons (Fsp3) is 0.680. The summed E-state index contributed by atoms with van der Waals surface area (Å²) in [7, 11) is 1.66. The van der Waals surface area contributed by atoms with Crippen LogP contribution in [0, 0.1) is 23.6 Å². The van der Waals surface area contributed by atoms with E-state index in [1.54, 1.807) is 19.2 Å². The van der Waals surface area contributed by atoms with Crippen LogP contribution in [-0.2, 0) is 16.1 Å². The van der Waals surface area contributed by atoms with Crippen LogP contribution < -0.4 is 5.32 Å². The van der Waals surface area contributed by atoms with Crippen LogP contribution in [0.3, 0.4) is 0 Å². The maximum absolute atomic E-state index is 13.8. The van der Waals surface area contributed by atoms with Crippen molar-refractivity contribution in [2.75, 3.05) is 20.1 Å². The monoisotopic (exact) mass is 427 g/mol. The number of hydrogen-bond donors (Lipinski definition) is 1. The van der Waals surface area contributed by atoms with Crippen LogP contribution in [0.15, 0.2) is 24.3 Å². The van der Waals surface area contributed by atoms with Gasteiger partial charge in [0.1, 0.15) is 5.82 Å². The molecule has 168 valence electrons. The average Bonchev–Trinajstić information content (AvgIpc) is 3.19. The first-order valence-corrected chi connectivity index (χ1v) is 12.0. The van der Waals surface area contributed by atoms with Gasteiger partial charge in [-0.1, -0.05) is 12.1 Å². The molecule has 4 saturated carbocycles. The lowest BCUT2D eigenvalue weighted by Gasteiger charge is -2.60. The molecule has 6 rings (SSSR count). The zero-order valence-electron chi connectivity index (χ0n) is 18.5. The minimum absolute atomic E-state index is 0.00480. The largest absolute Gasteiger partial charge is 0.358 e. The van der Waals surface area contributed by atoms with E-state index in [0.29, 0.717) is 13.1 Å². The third-order valence-corrected chi connectivity index (χ3v) is 8.38. The predicted molar refractivity (Wildman–Crippen MR) is 117 cm³/mol. The maximum Gasteiger partial charge on any atom is 0.237 e. The van der Waals surface area contributed by atoms with Gasteiger partial charge in [-0.15, -0.1) is 0 Å². The maximum atomic E-state index is 13.8. The number of likely N-dealkylation sites (N-methyl/N-ethyl adjacent to an activating group) is 1. The van der Waals surface area contributed by atoms with Gasteiger partial charge < -0.3 is 10.2 Å². The lowest BCUT2D eigenvalue weighted by atomic mass is 9.52. The van der Waals surface area contributed by atoms with Gasteiger partial charge in [0.2, 0.25) is 11.8 Å². The van der Waals surface area contributed by atoms with Crippen molar-refractivity contribution in [1.82, 2.24) is 15.1 Å². The summed E-state index contributed by atoms with van der Waals surface area (Å²) in [5.41, 5.74) is 0.914. The van der Waals surface area contributed by atoms with Gasteiger partial charge in [0.15, 0.2) is 0 Å². The van der Waals surface area contributed by atoms with E-state index in [0.717, 1.165) is 62.0 Å². The fourth-order valence-electron chi connectivity index (χ4n) is 7.43. The van der Waals surface area contributed by atoms with E-state index < -0.39 is 0 Å². The second kappa shape index (κ2) is 8.19. The Kier molecular flexibility index (Phi) is 5.53. The zero-order valence-corrected chi connectivity index (χ0v) is 18.5. The van der Waals surface area contributed by atoms with Crippen LogP contribution in [0.2, 0.25) is 0 Å². The Balaban J connectivity index is 1.40. The molecule has 1 aromatic carbocycles. The average molecular weight is 428 g/mol. The minimum Gasteiger partial charge on any atom is -0.358 e. The van der Waals surface area contributed by atoms with E-state index in [2.05, 4.69) is 15.1 Å². The van der Waals surface area contributed by atoms with Crippen LogP contribution >= 0.6 is 0 Å². The van der Waals surface area contributed by atoms with Gasteiger partial charge in [0.05, 0.1) is 12.6 Å². The number of amides is 2. The van der Waals surface area contributed by atoms with Gasteiger partial charge in [-0.3, -0.25) is 14.5 Å². The van der Waals surface area contributed by atoms with Gasteiger partial charge in [-0.2, -0.15) is 0 Å². The number of hydrogen-bond acceptors (Lipinski definition) is 3. The summed E-state index contributed by atoms with van der Waals surface area (Å²) in [4.78, 5) is 30.3. The second-order valence-corrected chi connectivity index (χ2v) is 10.5. The van der Waals surface area contributed by atoms with E-state index in [4.69, 9.17) is 0 Å². The quantitative estimate of drug-likeness (QED) is 0.758. The molecule has 2 amide bonds. The number of likely N-dealkylation sites (tertiary alicyclic amines) is 1. The molecule has 5 nitrogen and oxygen atoms in total. The smallest absolute Gasteiger partial charge is 0.237 e. The van der Waals surface area contributed by atoms with Gasteiger partial charge in [-0.25, -0.2) is 4.39 Å². The fourth-order valence-corrected chi connectivity index (χ4v) is 7.43. The van der Waals surface area contributed by atoms with Crippen LogP contribution in [0.5, 0.6) is 0 Å². The summed E-state index contributed by atoms with van der Waals surface area (Å²) in [5, 5.41) is 2.75. The molecule has 4 aliphatic carbocycles. The van der Waals surface area contributed by atoms with Gasteiger partial charge in [-0.05, 0) is 93.4 Å². The third-order valence-electron chi connectivity index (χ3n) is 8.38. The highest BCUT2D eigenvalue weighted by molar-refractivity contribution is 5.84. The molecular weight excluding hydrogens is 393 g/mol. The predicted octanol–water partition coefficient (Wildman–Crippen LogP) is 3.33. The summed E-state index contributed by atoms with van der Waals surface area (Å²) in [6.45, 7) is 1.61. The molecule has 0 aromatic heterocycles. The Bertz CT molecular complexity index is 804. The topological polar surface area (TPSA) is 52.7 Å². The molecule has 0 radical (unpaired) electrons. The van der Waals surface area contributed by atoms with Crippen molar-refractivity contribution in [3.63, 3.8) is 0 Å². The Labute approximate surface area is 184 Å². The van der Waals surface area contributed by atoms with Gasteiger partial charge in [0.25, 0.3) is 0 Å². The number of benzene rings is 1. The summed E-state index contributed by atoms with van der Waals surface area (Å²) in [5.74, 6) is 2.09. The molecule has 0 spiro atoms. The molecule has 1 saturated heterocycles. The van der Waals surface area contributed by atoms with Crippen molar-refractivity contribution in [2.24, 2.45) is 17.8 Å². The highest BCUT2D eigenvalue weighted by atomic mass is 19.1. The van der Waals surface area contributed by atoms with Crippen LogP contribution in [0.4, 0.5) is 4.39 Å². The Morgan fingerprint density at radius 2 is 1.71 bits per heavy atom. The number of halogens is 1. The Morgan fingerprint density at radius 3 is 2.29 bits per heavy atom. The van der Waals surface area contributed by atoms with Crippen LogP contribution in [0.1, 0.15) is 56.9 Å². The molecule has 6 heteroatoms. The second-order valence-electron chi connectivity index (χ2n) is 10.5. The molecule has 1 aromatic rings. The normalized spacial score (nSPS) is 34.1. The number of carbonyl (C=O) groups excluding carboxylic acids is 2. The summed E-state index contributed by atoms with van der Waals surface area (Å²) >= 11 is 0. The van der Waals surface area contributed by atoms with Crippen molar-refractivity contribution in [1.29, 1.82) is 0 Å². The lowest BCUT2D eigenvalue weighted by Crippen LogP contribution is -2.62. The molecule has 5 aliphatic rings. The summed E-state index contributed by atoms with van der Waals surface area (Å²) < 4.78 is 13.5. The van der Waals surface area contributed by atoms with E-state index in [-0.39, 0.29) is 29.2 Å². The van der Waals surface area contributed by atoms with Crippen LogP contribution in [-0.4, -0.2) is 53.3 Å². The first-order chi connectivity index (χ1) is 15.0. The number of rotatable bonds is 6. The van der Waals surface area contributed by atoms with E-state index in [9.17, 15) is 14.0 Å². The van der Waals surface area contributed by atoms with E-state index >= 15 is 0 Å². The molecule has 1 atom stereocenters. The highest BCUT2D eigenvalue weighted by Crippen LogP contribution is 2.58. The van der Waals surface area contributed by atoms with Gasteiger partial charge in [0, 0.05) is 19.1 Å². The highest BCUT2D eigenvalue weighted by Gasteiger charge is 2.54. The number of nitrogens with zero attached hydrogens (tertiary/aromatic N) is 2. The van der Waals surface area contributed by atoms with Gasteiger partial charge >= 0.3 is 0 Å². The lowest BCUT2D eigenvalue weighted by molar-refractivity contribution is -0.154. The van der Waals surface area contributed by atoms with Crippen molar-refractivity contribution >= 4 is 11.8 Å². The zero-order chi connectivity index (χ0) is 21.6. The molecule has 1 unspecified atom stereocenters. The first-order valence-electron chi connectivity index (χ1n) is 12.0. The van der Waals surface area contributed by atoms with Crippen LogP contribution in [0.25, 0.3) is 0 Å². The first kappa shape index (κ1) is 20.9. The van der Waals surface area contributed by atoms with Crippen molar-refractivity contribution in [3.05, 3.63) is 35.6 Å². The number of carbonyl (C=O) groups is 2. The van der Waals surface area contributed by atoms with Crippen molar-refractivity contribution < 1.29 is 14.0 Å². The molecule has 31 heavy (non-hydrogen) atoms. The molecular formula is C25H34FN3O2. The molecule has 1 heterocycles. The summed E-state index contributed by atoms with van der Waals surface area (Å²) in [6, 6.07) is 6.37. The molecule has 4 bridgehead atoms. The van der Waals surface area contributed by atoms with Crippen molar-refractivity contribution in [3.8, 4) is 0 Å². The molecule has 1 aliphatic heterocycles. The number of nitrogens with one attached hydrogen (secondary N) is 1. The van der Waals surface area contributed by atoms with E-state index in [1.165, 1.54) is 31.4 Å². The summed E-state index contributed by atoms with van der Waals surface area (Å²) in [6.07, 6.45) is 9.03. The Hall–Kier alpha value is -1.95. The van der Waals surface area contributed by atoms with Crippen molar-refractivity contribution in [2.45, 2.75) is 69.5 Å². The third kappa shape index (κ3) is 3.99. The standard InChI is InChI=1S/C25H34FN3O2/c1-27-24(31)22-3-2-8-28(22)16-23(30)29(15-17-4-6-21(26)7-5-17)25-12-18-9-19(13-25)11-20(10-18)14-25/h4-7,18-20,22H,2-3,8-16H2,1H3,(H,27,31). The van der Waals surface area contributed by atoms with E-state index in [1.807, 2.05) is 0 Å². The molecule has 5 fully saturated rings. The Morgan fingerprint density at radius 1 is 1.10 bits per heavy atom. The SMILES string of the molecule is CNC(=O)C1CCCN1CC(=O)N(Cc1ccc(F)cc1)C12CC3CC(CC(C3)C1)C2. The minimum atomic E-state index is -0.248.